The standard InChI is InChI=1S/C19H28N4O/c1-14(2)23-11-5-6-15(13-23)12-20-19(24)10-9-18-21-16-7-3-4-8-17(16)22-18/h3-4,7-8,14-15H,5-6,9-13H2,1-2H3,(H,20,24)(H,21,22)/t15-/m0/s1. The Bertz CT molecular complexity index is 646. The number of rotatable bonds is 6. The topological polar surface area (TPSA) is 61.0 Å². The second-order valence-electron chi connectivity index (χ2n) is 7.10. The molecule has 2 N–H and O–H groups in total. The summed E-state index contributed by atoms with van der Waals surface area (Å²) in [5.74, 6) is 1.59. The second kappa shape index (κ2) is 7.79. The van der Waals surface area contributed by atoms with Gasteiger partial charge in [0.2, 0.25) is 5.91 Å². The molecule has 0 unspecified atom stereocenters. The zero-order valence-corrected chi connectivity index (χ0v) is 14.7. The number of nitrogens with one attached hydrogen (secondary N) is 2. The van der Waals surface area contributed by atoms with E-state index in [4.69, 9.17) is 0 Å². The lowest BCUT2D eigenvalue weighted by molar-refractivity contribution is -0.121. The fraction of sp³-hybridized carbons (Fsp3) is 0.579. The van der Waals surface area contributed by atoms with E-state index in [1.54, 1.807) is 0 Å². The number of para-hydroxylation sites is 2. The van der Waals surface area contributed by atoms with Gasteiger partial charge in [-0.25, -0.2) is 4.98 Å². The number of carbonyl (C=O) groups is 1. The number of fused-ring (bicyclic) bond motifs is 1. The minimum absolute atomic E-state index is 0.122. The molecular formula is C19H28N4O. The van der Waals surface area contributed by atoms with Gasteiger partial charge < -0.3 is 15.2 Å². The number of nitrogens with zero attached hydrogens (tertiary/aromatic N) is 2. The zero-order chi connectivity index (χ0) is 16.9. The van der Waals surface area contributed by atoms with Gasteiger partial charge in [-0.05, 0) is 51.3 Å². The van der Waals surface area contributed by atoms with Crippen LogP contribution in [0.2, 0.25) is 0 Å². The van der Waals surface area contributed by atoms with Crippen molar-refractivity contribution in [2.75, 3.05) is 19.6 Å². The van der Waals surface area contributed by atoms with Crippen molar-refractivity contribution < 1.29 is 4.79 Å². The smallest absolute Gasteiger partial charge is 0.220 e. The Kier molecular flexibility index (Phi) is 5.51. The van der Waals surface area contributed by atoms with Crippen molar-refractivity contribution in [2.45, 2.75) is 45.6 Å². The van der Waals surface area contributed by atoms with Crippen LogP contribution in [0.4, 0.5) is 0 Å². The van der Waals surface area contributed by atoms with E-state index in [1.165, 1.54) is 19.4 Å². The van der Waals surface area contributed by atoms with Gasteiger partial charge in [-0.1, -0.05) is 12.1 Å². The van der Waals surface area contributed by atoms with Gasteiger partial charge in [0.25, 0.3) is 0 Å². The highest BCUT2D eigenvalue weighted by Gasteiger charge is 2.21. The van der Waals surface area contributed by atoms with Crippen LogP contribution in [-0.4, -0.2) is 46.5 Å². The summed E-state index contributed by atoms with van der Waals surface area (Å²) in [4.78, 5) is 22.4. The summed E-state index contributed by atoms with van der Waals surface area (Å²) >= 11 is 0. The lowest BCUT2D eigenvalue weighted by Gasteiger charge is -2.35. The van der Waals surface area contributed by atoms with Crippen LogP contribution in [0, 0.1) is 5.92 Å². The van der Waals surface area contributed by atoms with Crippen LogP contribution in [0.1, 0.15) is 38.9 Å². The summed E-state index contributed by atoms with van der Waals surface area (Å²) in [5, 5.41) is 3.11. The van der Waals surface area contributed by atoms with Crippen LogP contribution in [0.25, 0.3) is 11.0 Å². The molecule has 2 aromatic rings. The number of amides is 1. The fourth-order valence-electron chi connectivity index (χ4n) is 3.44. The summed E-state index contributed by atoms with van der Waals surface area (Å²) < 4.78 is 0. The third kappa shape index (κ3) is 4.35. The third-order valence-electron chi connectivity index (χ3n) is 4.90. The van der Waals surface area contributed by atoms with Gasteiger partial charge in [0.1, 0.15) is 5.82 Å². The molecule has 1 aliphatic heterocycles. The van der Waals surface area contributed by atoms with Crippen LogP contribution in [0.3, 0.4) is 0 Å². The van der Waals surface area contributed by atoms with E-state index in [-0.39, 0.29) is 5.91 Å². The van der Waals surface area contributed by atoms with E-state index < -0.39 is 0 Å². The monoisotopic (exact) mass is 328 g/mol. The van der Waals surface area contributed by atoms with E-state index in [9.17, 15) is 4.79 Å². The average molecular weight is 328 g/mol. The highest BCUT2D eigenvalue weighted by molar-refractivity contribution is 5.77. The third-order valence-corrected chi connectivity index (χ3v) is 4.90. The highest BCUT2D eigenvalue weighted by atomic mass is 16.1. The van der Waals surface area contributed by atoms with Crippen molar-refractivity contribution in [3.8, 4) is 0 Å². The number of aromatic amines is 1. The number of aromatic nitrogens is 2. The number of H-pyrrole nitrogens is 1. The number of hydrogen-bond acceptors (Lipinski definition) is 3. The summed E-state index contributed by atoms with van der Waals surface area (Å²) in [7, 11) is 0. The van der Waals surface area contributed by atoms with Crippen LogP contribution in [0.15, 0.2) is 24.3 Å². The SMILES string of the molecule is CC(C)N1CCC[C@@H](CNC(=O)CCc2nc3ccccc3[nH]2)C1. The second-order valence-corrected chi connectivity index (χ2v) is 7.10. The van der Waals surface area contributed by atoms with Gasteiger partial charge in [-0.2, -0.15) is 0 Å². The average Bonchev–Trinajstić information content (AvgIpc) is 3.01. The molecule has 1 aromatic heterocycles. The molecule has 2 heterocycles. The molecule has 0 saturated carbocycles. The minimum Gasteiger partial charge on any atom is -0.356 e. The molecule has 1 amide bonds. The number of likely N-dealkylation sites (tertiary alicyclic amines) is 1. The quantitative estimate of drug-likeness (QED) is 0.857. The van der Waals surface area contributed by atoms with Crippen LogP contribution in [0.5, 0.6) is 0 Å². The fourth-order valence-corrected chi connectivity index (χ4v) is 3.44. The molecule has 3 rings (SSSR count). The van der Waals surface area contributed by atoms with Crippen LogP contribution >= 0.6 is 0 Å². The van der Waals surface area contributed by atoms with Crippen molar-refractivity contribution in [1.29, 1.82) is 0 Å². The van der Waals surface area contributed by atoms with Crippen LogP contribution in [-0.2, 0) is 11.2 Å². The first-order valence-electron chi connectivity index (χ1n) is 9.06. The minimum atomic E-state index is 0.122. The highest BCUT2D eigenvalue weighted by Crippen LogP contribution is 2.17. The molecule has 0 aliphatic carbocycles. The first-order valence-corrected chi connectivity index (χ1v) is 9.06. The predicted octanol–water partition coefficient (Wildman–Crippen LogP) is 2.73. The maximum absolute atomic E-state index is 12.1. The van der Waals surface area contributed by atoms with Gasteiger partial charge in [0, 0.05) is 32.0 Å². The Labute approximate surface area is 143 Å². The molecular weight excluding hydrogens is 300 g/mol. The Balaban J connectivity index is 1.42. The summed E-state index contributed by atoms with van der Waals surface area (Å²) in [6.07, 6.45) is 3.59. The molecule has 5 nitrogen and oxygen atoms in total. The molecule has 0 spiro atoms. The maximum Gasteiger partial charge on any atom is 0.220 e. The molecule has 1 aliphatic rings. The molecule has 24 heavy (non-hydrogen) atoms. The molecule has 5 heteroatoms. The predicted molar refractivity (Wildman–Crippen MR) is 96.9 cm³/mol. The largest absolute Gasteiger partial charge is 0.356 e. The molecule has 0 bridgehead atoms. The van der Waals surface area contributed by atoms with Gasteiger partial charge in [0.15, 0.2) is 0 Å². The lowest BCUT2D eigenvalue weighted by Crippen LogP contribution is -2.43. The molecule has 1 aromatic carbocycles. The first-order chi connectivity index (χ1) is 11.6. The van der Waals surface area contributed by atoms with E-state index in [1.807, 2.05) is 24.3 Å². The van der Waals surface area contributed by atoms with Gasteiger partial charge in [0.05, 0.1) is 11.0 Å². The number of aryl methyl sites for hydroxylation is 1. The van der Waals surface area contributed by atoms with Crippen molar-refractivity contribution in [3.63, 3.8) is 0 Å². The van der Waals surface area contributed by atoms with Crippen molar-refractivity contribution in [1.82, 2.24) is 20.2 Å². The van der Waals surface area contributed by atoms with Gasteiger partial charge >= 0.3 is 0 Å². The number of imidazole rings is 1. The molecule has 1 saturated heterocycles. The van der Waals surface area contributed by atoms with E-state index >= 15 is 0 Å². The van der Waals surface area contributed by atoms with E-state index in [0.717, 1.165) is 29.9 Å². The number of benzene rings is 1. The number of hydrogen-bond donors (Lipinski definition) is 2. The zero-order valence-electron chi connectivity index (χ0n) is 14.7. The van der Waals surface area contributed by atoms with Crippen molar-refractivity contribution in [3.05, 3.63) is 30.1 Å². The summed E-state index contributed by atoms with van der Waals surface area (Å²) in [5.41, 5.74) is 1.99. The molecule has 1 atom stereocenters. The maximum atomic E-state index is 12.1. The van der Waals surface area contributed by atoms with Crippen molar-refractivity contribution >= 4 is 16.9 Å². The number of piperidine rings is 1. The van der Waals surface area contributed by atoms with Crippen LogP contribution < -0.4 is 5.32 Å². The molecule has 130 valence electrons. The summed E-state index contributed by atoms with van der Waals surface area (Å²) in [6.45, 7) is 7.57. The Morgan fingerprint density at radius 2 is 2.25 bits per heavy atom. The normalized spacial score (nSPS) is 19.0. The first kappa shape index (κ1) is 17.0. The molecule has 1 fully saturated rings. The summed E-state index contributed by atoms with van der Waals surface area (Å²) in [6, 6.07) is 8.55. The Hall–Kier alpha value is -1.88. The van der Waals surface area contributed by atoms with Gasteiger partial charge in [-0.15, -0.1) is 0 Å². The molecule has 0 radical (unpaired) electrons. The van der Waals surface area contributed by atoms with E-state index in [2.05, 4.69) is 34.0 Å². The van der Waals surface area contributed by atoms with Gasteiger partial charge in [-0.3, -0.25) is 4.79 Å². The van der Waals surface area contributed by atoms with E-state index in [0.29, 0.717) is 24.8 Å². The van der Waals surface area contributed by atoms with Crippen molar-refractivity contribution in [2.24, 2.45) is 5.92 Å². The Morgan fingerprint density at radius 1 is 1.42 bits per heavy atom. The lowest BCUT2D eigenvalue weighted by atomic mass is 9.97. The number of carbonyl (C=O) groups excluding carboxylic acids is 1. The Morgan fingerprint density at radius 3 is 3.04 bits per heavy atom.